The van der Waals surface area contributed by atoms with Crippen molar-refractivity contribution >= 4 is 44.5 Å². The summed E-state index contributed by atoms with van der Waals surface area (Å²) in [4.78, 5) is 33.7. The lowest BCUT2D eigenvalue weighted by atomic mass is 10.1. The van der Waals surface area contributed by atoms with E-state index in [1.165, 1.54) is 0 Å². The lowest BCUT2D eigenvalue weighted by Crippen LogP contribution is -2.57. The van der Waals surface area contributed by atoms with Gasteiger partial charge < -0.3 is 4.90 Å². The maximum atomic E-state index is 11.8. The van der Waals surface area contributed by atoms with Crippen LogP contribution in [0.3, 0.4) is 0 Å². The van der Waals surface area contributed by atoms with E-state index < -0.39 is 6.04 Å². The van der Waals surface area contributed by atoms with E-state index in [1.807, 2.05) is 6.07 Å². The highest BCUT2D eigenvalue weighted by Crippen LogP contribution is 2.27. The minimum Gasteiger partial charge on any atom is -0.349 e. The van der Waals surface area contributed by atoms with Crippen LogP contribution in [0.25, 0.3) is 11.0 Å². The van der Waals surface area contributed by atoms with Crippen LogP contribution in [0.1, 0.15) is 6.92 Å². The molecule has 1 atom stereocenters. The fraction of sp³-hybridized carbons (Fsp3) is 0.231. The highest BCUT2D eigenvalue weighted by molar-refractivity contribution is 9.10. The summed E-state index contributed by atoms with van der Waals surface area (Å²) in [5.74, 6) is -0.613. The van der Waals surface area contributed by atoms with Gasteiger partial charge >= 0.3 is 0 Å². The minimum atomic E-state index is -0.427. The maximum absolute atomic E-state index is 11.8. The molecule has 7 heteroatoms. The number of piperazine rings is 1. The Balaban J connectivity index is 2.13. The number of carbonyl (C=O) groups is 2. The number of pyridine rings is 2. The second-order valence-corrected chi connectivity index (χ2v) is 5.48. The van der Waals surface area contributed by atoms with Crippen molar-refractivity contribution in [1.29, 1.82) is 0 Å². The molecule has 20 heavy (non-hydrogen) atoms. The van der Waals surface area contributed by atoms with E-state index in [-0.39, 0.29) is 18.4 Å². The number of anilines is 1. The number of amides is 2. The van der Waals surface area contributed by atoms with Crippen LogP contribution in [0.5, 0.6) is 0 Å². The largest absolute Gasteiger partial charge is 0.349 e. The van der Waals surface area contributed by atoms with Crippen molar-refractivity contribution in [2.75, 3.05) is 11.4 Å². The molecule has 2 aromatic heterocycles. The second kappa shape index (κ2) is 4.82. The number of fused-ring (bicyclic) bond motifs is 1. The van der Waals surface area contributed by atoms with Gasteiger partial charge in [-0.3, -0.25) is 24.9 Å². The number of rotatable bonds is 1. The number of hydrogen-bond donors (Lipinski definition) is 1. The van der Waals surface area contributed by atoms with Gasteiger partial charge in [0.25, 0.3) is 0 Å². The number of imide groups is 1. The third-order valence-corrected chi connectivity index (χ3v) is 3.69. The van der Waals surface area contributed by atoms with Crippen LogP contribution in [0, 0.1) is 0 Å². The van der Waals surface area contributed by atoms with E-state index in [2.05, 4.69) is 31.2 Å². The number of nitrogens with zero attached hydrogens (tertiary/aromatic N) is 3. The molecular formula is C13H11BrN4O2. The summed E-state index contributed by atoms with van der Waals surface area (Å²) in [6.07, 6.45) is 3.32. The van der Waals surface area contributed by atoms with E-state index >= 15 is 0 Å². The van der Waals surface area contributed by atoms with Crippen LogP contribution >= 0.6 is 15.9 Å². The smallest absolute Gasteiger partial charge is 0.249 e. The van der Waals surface area contributed by atoms with Crippen molar-refractivity contribution in [2.24, 2.45) is 0 Å². The topological polar surface area (TPSA) is 75.2 Å². The molecule has 1 fully saturated rings. The zero-order valence-corrected chi connectivity index (χ0v) is 12.2. The van der Waals surface area contributed by atoms with Crippen LogP contribution in [-0.2, 0) is 9.59 Å². The van der Waals surface area contributed by atoms with E-state index in [0.29, 0.717) is 11.0 Å². The summed E-state index contributed by atoms with van der Waals surface area (Å²) >= 11 is 3.35. The standard InChI is InChI=1S/C13H11BrN4O2/c1-7-13(20)17-11(19)6-18(7)10-2-3-15-9-4-8(14)5-16-12(9)10/h2-5,7H,6H2,1H3,(H,17,19,20). The van der Waals surface area contributed by atoms with Gasteiger partial charge in [0.1, 0.15) is 11.6 Å². The molecule has 0 aromatic carbocycles. The summed E-state index contributed by atoms with van der Waals surface area (Å²) in [6, 6.07) is 3.19. The molecule has 3 rings (SSSR count). The first-order valence-electron chi connectivity index (χ1n) is 6.07. The molecule has 102 valence electrons. The maximum Gasteiger partial charge on any atom is 0.249 e. The third kappa shape index (κ3) is 2.14. The highest BCUT2D eigenvalue weighted by atomic mass is 79.9. The van der Waals surface area contributed by atoms with Gasteiger partial charge in [0.2, 0.25) is 11.8 Å². The van der Waals surface area contributed by atoms with Crippen LogP contribution in [0.15, 0.2) is 29.0 Å². The molecule has 0 spiro atoms. The van der Waals surface area contributed by atoms with Crippen molar-refractivity contribution < 1.29 is 9.59 Å². The molecule has 1 aliphatic heterocycles. The summed E-state index contributed by atoms with van der Waals surface area (Å²) in [5, 5.41) is 2.32. The Kier molecular flexibility index (Phi) is 3.13. The number of aromatic nitrogens is 2. The number of carbonyl (C=O) groups excluding carboxylic acids is 2. The van der Waals surface area contributed by atoms with E-state index in [9.17, 15) is 9.59 Å². The fourth-order valence-corrected chi connectivity index (χ4v) is 2.55. The average Bonchev–Trinajstić information content (AvgIpc) is 2.42. The zero-order valence-electron chi connectivity index (χ0n) is 10.6. The van der Waals surface area contributed by atoms with Gasteiger partial charge in [-0.25, -0.2) is 0 Å². The molecule has 6 nitrogen and oxygen atoms in total. The van der Waals surface area contributed by atoms with Gasteiger partial charge in [-0.2, -0.15) is 0 Å². The Hall–Kier alpha value is -2.02. The molecule has 0 bridgehead atoms. The molecule has 1 unspecified atom stereocenters. The monoisotopic (exact) mass is 334 g/mol. The average molecular weight is 335 g/mol. The molecule has 0 radical (unpaired) electrons. The van der Waals surface area contributed by atoms with Crippen molar-refractivity contribution in [3.05, 3.63) is 29.0 Å². The van der Waals surface area contributed by atoms with Crippen LogP contribution < -0.4 is 10.2 Å². The van der Waals surface area contributed by atoms with Gasteiger partial charge in [-0.05, 0) is 35.0 Å². The molecular weight excluding hydrogens is 324 g/mol. The quantitative estimate of drug-likeness (QED) is 0.794. The molecule has 1 saturated heterocycles. The molecule has 3 heterocycles. The van der Waals surface area contributed by atoms with E-state index in [1.54, 1.807) is 30.3 Å². The Morgan fingerprint density at radius 3 is 3.00 bits per heavy atom. The van der Waals surface area contributed by atoms with E-state index in [4.69, 9.17) is 0 Å². The normalized spacial score (nSPS) is 19.3. The van der Waals surface area contributed by atoms with Gasteiger partial charge in [-0.1, -0.05) is 0 Å². The molecule has 0 aliphatic carbocycles. The van der Waals surface area contributed by atoms with E-state index in [0.717, 1.165) is 10.2 Å². The van der Waals surface area contributed by atoms with Crippen LogP contribution in [-0.4, -0.2) is 34.4 Å². The minimum absolute atomic E-state index is 0.129. The van der Waals surface area contributed by atoms with Gasteiger partial charge in [-0.15, -0.1) is 0 Å². The Bertz CT molecular complexity index is 719. The van der Waals surface area contributed by atoms with Crippen molar-refractivity contribution in [2.45, 2.75) is 13.0 Å². The molecule has 1 N–H and O–H groups in total. The lowest BCUT2D eigenvalue weighted by molar-refractivity contribution is -0.132. The molecule has 2 amide bonds. The third-order valence-electron chi connectivity index (χ3n) is 3.26. The first-order valence-corrected chi connectivity index (χ1v) is 6.86. The molecule has 1 aliphatic rings. The number of halogens is 1. The van der Waals surface area contributed by atoms with Gasteiger partial charge in [0.05, 0.1) is 17.7 Å². The van der Waals surface area contributed by atoms with Crippen LogP contribution in [0.4, 0.5) is 5.69 Å². The first-order chi connectivity index (χ1) is 9.56. The van der Waals surface area contributed by atoms with Gasteiger partial charge in [0.15, 0.2) is 0 Å². The Morgan fingerprint density at radius 1 is 1.40 bits per heavy atom. The number of hydrogen-bond acceptors (Lipinski definition) is 5. The summed E-state index contributed by atoms with van der Waals surface area (Å²) in [5.41, 5.74) is 2.12. The summed E-state index contributed by atoms with van der Waals surface area (Å²) < 4.78 is 0.829. The summed E-state index contributed by atoms with van der Waals surface area (Å²) in [7, 11) is 0. The van der Waals surface area contributed by atoms with Crippen molar-refractivity contribution in [1.82, 2.24) is 15.3 Å². The first kappa shape index (κ1) is 13.0. The predicted molar refractivity (Wildman–Crippen MR) is 77.2 cm³/mol. The highest BCUT2D eigenvalue weighted by Gasteiger charge is 2.31. The van der Waals surface area contributed by atoms with Crippen molar-refractivity contribution in [3.63, 3.8) is 0 Å². The van der Waals surface area contributed by atoms with Crippen LogP contribution in [0.2, 0.25) is 0 Å². The Labute approximate surface area is 123 Å². The van der Waals surface area contributed by atoms with Gasteiger partial charge in [0, 0.05) is 16.9 Å². The predicted octanol–water partition coefficient (Wildman–Crippen LogP) is 1.24. The SMILES string of the molecule is CC1C(=O)NC(=O)CN1c1ccnc2cc(Br)cnc12. The number of nitrogens with one attached hydrogen (secondary N) is 1. The Morgan fingerprint density at radius 2 is 2.20 bits per heavy atom. The zero-order chi connectivity index (χ0) is 14.3. The molecule has 2 aromatic rings. The van der Waals surface area contributed by atoms with Crippen molar-refractivity contribution in [3.8, 4) is 0 Å². The summed E-state index contributed by atoms with van der Waals surface area (Å²) in [6.45, 7) is 1.89. The lowest BCUT2D eigenvalue weighted by Gasteiger charge is -2.33. The molecule has 0 saturated carbocycles. The fourth-order valence-electron chi connectivity index (χ4n) is 2.23. The second-order valence-electron chi connectivity index (χ2n) is 4.57.